The molecule has 37 heavy (non-hydrogen) atoms. The summed E-state index contributed by atoms with van der Waals surface area (Å²) in [6.45, 7) is 6.76. The minimum atomic E-state index is -0.500. The zero-order valence-corrected chi connectivity index (χ0v) is 22.4. The molecule has 6 nitrogen and oxygen atoms in total. The minimum absolute atomic E-state index is 0.172. The second-order valence-corrected chi connectivity index (χ2v) is 11.7. The second kappa shape index (κ2) is 9.63. The van der Waals surface area contributed by atoms with E-state index in [1.807, 2.05) is 48.5 Å². The highest BCUT2D eigenvalue weighted by Crippen LogP contribution is 2.44. The monoisotopic (exact) mass is 513 g/mol. The first-order valence-corrected chi connectivity index (χ1v) is 13.3. The Kier molecular flexibility index (Phi) is 6.50. The summed E-state index contributed by atoms with van der Waals surface area (Å²) in [5.74, 6) is 0.471. The van der Waals surface area contributed by atoms with Crippen LogP contribution in [0.15, 0.2) is 54.6 Å². The van der Waals surface area contributed by atoms with Gasteiger partial charge in [-0.2, -0.15) is 0 Å². The first kappa shape index (κ1) is 25.0. The number of carbonyl (C=O) groups is 2. The number of primary amides is 1. The molecule has 5 rings (SSSR count). The number of thiophene rings is 1. The van der Waals surface area contributed by atoms with E-state index in [2.05, 4.69) is 26.1 Å². The zero-order chi connectivity index (χ0) is 26.3. The Balaban J connectivity index is 1.54. The Labute approximate surface area is 220 Å². The van der Waals surface area contributed by atoms with Gasteiger partial charge in [-0.05, 0) is 72.6 Å². The number of carbonyl (C=O) groups excluding carboxylic acids is 2. The van der Waals surface area contributed by atoms with Crippen LogP contribution in [0.5, 0.6) is 5.75 Å². The number of ether oxygens (including phenoxy) is 1. The summed E-state index contributed by atoms with van der Waals surface area (Å²) in [5.41, 5.74) is 10.2. The number of nitrogens with two attached hydrogens (primary N) is 1. The molecule has 2 aromatic carbocycles. The Morgan fingerprint density at radius 3 is 2.51 bits per heavy atom. The number of aromatic nitrogens is 1. The van der Waals surface area contributed by atoms with Crippen LogP contribution in [0.4, 0.5) is 5.00 Å². The molecule has 2 amide bonds. The highest BCUT2D eigenvalue weighted by atomic mass is 32.1. The Hall–Kier alpha value is -3.71. The van der Waals surface area contributed by atoms with Crippen molar-refractivity contribution in [2.45, 2.75) is 40.0 Å². The molecule has 0 unspecified atom stereocenters. The van der Waals surface area contributed by atoms with Crippen LogP contribution in [0.1, 0.15) is 58.3 Å². The molecule has 0 bridgehead atoms. The minimum Gasteiger partial charge on any atom is -0.497 e. The smallest absolute Gasteiger partial charge is 0.257 e. The first-order chi connectivity index (χ1) is 17.7. The number of hydrogen-bond acceptors (Lipinski definition) is 5. The van der Waals surface area contributed by atoms with Crippen LogP contribution in [-0.2, 0) is 12.8 Å². The van der Waals surface area contributed by atoms with Crippen LogP contribution in [0.25, 0.3) is 22.2 Å². The summed E-state index contributed by atoms with van der Waals surface area (Å²) in [4.78, 5) is 32.2. The number of nitrogens with one attached hydrogen (secondary N) is 1. The Morgan fingerprint density at radius 1 is 1.11 bits per heavy atom. The van der Waals surface area contributed by atoms with Gasteiger partial charge in [0.15, 0.2) is 0 Å². The number of para-hydroxylation sites is 1. The van der Waals surface area contributed by atoms with Crippen molar-refractivity contribution in [3.63, 3.8) is 0 Å². The number of pyridine rings is 1. The van der Waals surface area contributed by atoms with Crippen molar-refractivity contribution in [2.75, 3.05) is 12.4 Å². The van der Waals surface area contributed by atoms with Crippen LogP contribution in [-0.4, -0.2) is 23.9 Å². The van der Waals surface area contributed by atoms with E-state index < -0.39 is 5.91 Å². The fraction of sp³-hybridized carbons (Fsp3) is 0.300. The molecule has 4 aromatic rings. The molecule has 1 aliphatic carbocycles. The van der Waals surface area contributed by atoms with E-state index in [0.717, 1.165) is 51.9 Å². The van der Waals surface area contributed by atoms with Crippen LogP contribution >= 0.6 is 11.3 Å². The third-order valence-electron chi connectivity index (χ3n) is 7.31. The predicted octanol–water partition coefficient (Wildman–Crippen LogP) is 6.47. The topological polar surface area (TPSA) is 94.3 Å². The third-order valence-corrected chi connectivity index (χ3v) is 8.48. The molecule has 0 fully saturated rings. The van der Waals surface area contributed by atoms with Crippen molar-refractivity contribution in [3.05, 3.63) is 76.2 Å². The van der Waals surface area contributed by atoms with Crippen molar-refractivity contribution >= 4 is 39.1 Å². The molecule has 2 aromatic heterocycles. The van der Waals surface area contributed by atoms with Crippen molar-refractivity contribution in [3.8, 4) is 17.0 Å². The third kappa shape index (κ3) is 4.83. The molecule has 2 heterocycles. The zero-order valence-electron chi connectivity index (χ0n) is 21.6. The molecule has 1 aliphatic rings. The van der Waals surface area contributed by atoms with Gasteiger partial charge in [-0.25, -0.2) is 4.98 Å². The average molecular weight is 514 g/mol. The molecule has 0 spiro atoms. The maximum Gasteiger partial charge on any atom is 0.257 e. The van der Waals surface area contributed by atoms with Gasteiger partial charge in [0.1, 0.15) is 10.8 Å². The van der Waals surface area contributed by atoms with E-state index >= 15 is 0 Å². The first-order valence-electron chi connectivity index (χ1n) is 12.5. The van der Waals surface area contributed by atoms with Gasteiger partial charge in [-0.15, -0.1) is 11.3 Å². The fourth-order valence-corrected chi connectivity index (χ4v) is 6.45. The van der Waals surface area contributed by atoms with Gasteiger partial charge in [0, 0.05) is 15.8 Å². The van der Waals surface area contributed by atoms with Crippen molar-refractivity contribution in [1.82, 2.24) is 4.98 Å². The van der Waals surface area contributed by atoms with Crippen molar-refractivity contribution in [2.24, 2.45) is 17.1 Å². The lowest BCUT2D eigenvalue weighted by molar-refractivity contribution is 0.1000. The van der Waals surface area contributed by atoms with Gasteiger partial charge >= 0.3 is 0 Å². The second-order valence-electron chi connectivity index (χ2n) is 10.6. The van der Waals surface area contributed by atoms with Crippen molar-refractivity contribution < 1.29 is 14.3 Å². The van der Waals surface area contributed by atoms with Gasteiger partial charge in [-0.1, -0.05) is 39.0 Å². The summed E-state index contributed by atoms with van der Waals surface area (Å²) in [6, 6.07) is 16.9. The number of rotatable bonds is 5. The highest BCUT2D eigenvalue weighted by molar-refractivity contribution is 7.17. The van der Waals surface area contributed by atoms with Gasteiger partial charge in [0.05, 0.1) is 29.4 Å². The summed E-state index contributed by atoms with van der Waals surface area (Å²) in [5, 5.41) is 4.31. The number of fused-ring (bicyclic) bond motifs is 2. The van der Waals surface area contributed by atoms with E-state index in [1.165, 1.54) is 11.3 Å². The molecule has 0 radical (unpaired) electrons. The summed E-state index contributed by atoms with van der Waals surface area (Å²) < 4.78 is 5.27. The van der Waals surface area contributed by atoms with Crippen LogP contribution in [0.2, 0.25) is 0 Å². The number of benzene rings is 2. The average Bonchev–Trinajstić information content (AvgIpc) is 3.24. The van der Waals surface area contributed by atoms with Crippen LogP contribution in [0.3, 0.4) is 0 Å². The Bertz CT molecular complexity index is 1500. The Morgan fingerprint density at radius 2 is 1.84 bits per heavy atom. The molecular formula is C30H31N3O3S. The fourth-order valence-electron chi connectivity index (χ4n) is 5.12. The number of anilines is 1. The molecule has 7 heteroatoms. The number of amides is 2. The van der Waals surface area contributed by atoms with E-state index in [0.29, 0.717) is 27.7 Å². The van der Waals surface area contributed by atoms with E-state index in [1.54, 1.807) is 13.2 Å². The molecule has 3 N–H and O–H groups in total. The molecular weight excluding hydrogens is 482 g/mol. The maximum absolute atomic E-state index is 13.7. The lowest BCUT2D eigenvalue weighted by atomic mass is 9.72. The lowest BCUT2D eigenvalue weighted by Gasteiger charge is -2.33. The van der Waals surface area contributed by atoms with Crippen LogP contribution < -0.4 is 15.8 Å². The highest BCUT2D eigenvalue weighted by Gasteiger charge is 2.33. The quantitative estimate of drug-likeness (QED) is 0.320. The van der Waals surface area contributed by atoms with Gasteiger partial charge < -0.3 is 15.8 Å². The van der Waals surface area contributed by atoms with Gasteiger partial charge in [0.2, 0.25) is 0 Å². The molecule has 1 atom stereocenters. The maximum atomic E-state index is 13.7. The van der Waals surface area contributed by atoms with Gasteiger partial charge in [0.25, 0.3) is 11.8 Å². The normalized spacial score (nSPS) is 15.3. The largest absolute Gasteiger partial charge is 0.497 e. The number of hydrogen-bond donors (Lipinski definition) is 2. The molecule has 0 saturated heterocycles. The van der Waals surface area contributed by atoms with E-state index in [-0.39, 0.29) is 11.3 Å². The molecule has 0 aliphatic heterocycles. The molecule has 0 saturated carbocycles. The van der Waals surface area contributed by atoms with Crippen molar-refractivity contribution in [1.29, 1.82) is 0 Å². The number of nitrogens with zero attached hydrogens (tertiary/aromatic N) is 1. The lowest BCUT2D eigenvalue weighted by Crippen LogP contribution is -2.27. The molecule has 190 valence electrons. The predicted molar refractivity (Wildman–Crippen MR) is 149 cm³/mol. The number of methoxy groups -OCH3 is 1. The van der Waals surface area contributed by atoms with Gasteiger partial charge in [-0.3, -0.25) is 9.59 Å². The van der Waals surface area contributed by atoms with E-state index in [9.17, 15) is 9.59 Å². The SMILES string of the molecule is COc1ccc(-c2cc(C(=O)Nc3sc4c(c3C(N)=O)CC[C@H](C(C)(C)C)C4)c3ccccc3n2)cc1. The summed E-state index contributed by atoms with van der Waals surface area (Å²) in [6.07, 6.45) is 2.68. The van der Waals surface area contributed by atoms with E-state index in [4.69, 9.17) is 15.5 Å². The summed E-state index contributed by atoms with van der Waals surface area (Å²) in [7, 11) is 1.62. The standard InChI is InChI=1S/C30H31N3O3S/c1-30(2,3)18-11-14-21-25(15-18)37-29(26(21)27(31)34)33-28(35)22-16-24(17-9-12-19(36-4)13-10-17)32-23-8-6-5-7-20(22)23/h5-10,12-13,16,18H,11,14-15H2,1-4H3,(H2,31,34)(H,33,35)/t18-/m0/s1. The van der Waals surface area contributed by atoms with Crippen LogP contribution in [0, 0.1) is 11.3 Å². The summed E-state index contributed by atoms with van der Waals surface area (Å²) >= 11 is 1.48.